The smallest absolute Gasteiger partial charge is 0.0288 e. The van der Waals surface area contributed by atoms with Crippen molar-refractivity contribution < 1.29 is 0 Å². The summed E-state index contributed by atoms with van der Waals surface area (Å²) in [6, 6.07) is 9.52. The van der Waals surface area contributed by atoms with E-state index in [9.17, 15) is 0 Å². The third-order valence-electron chi connectivity index (χ3n) is 3.12. The fraction of sp³-hybridized carbons (Fsp3) is 0.538. The molecular weight excluding hydrogens is 250 g/mol. The van der Waals surface area contributed by atoms with Gasteiger partial charge in [0.2, 0.25) is 0 Å². The van der Waals surface area contributed by atoms with E-state index in [1.807, 2.05) is 0 Å². The van der Waals surface area contributed by atoms with Crippen molar-refractivity contribution in [3.63, 3.8) is 0 Å². The Balaban J connectivity index is 2.03. The second kappa shape index (κ2) is 4.67. The molecule has 0 spiro atoms. The number of nitrogens with zero attached hydrogens (tertiary/aromatic N) is 1. The van der Waals surface area contributed by atoms with Crippen molar-refractivity contribution in [1.29, 1.82) is 0 Å². The summed E-state index contributed by atoms with van der Waals surface area (Å²) >= 11 is 3.71. The molecule has 1 heterocycles. The third-order valence-corrected chi connectivity index (χ3v) is 3.78. The Morgan fingerprint density at radius 1 is 1.47 bits per heavy atom. The van der Waals surface area contributed by atoms with Crippen LogP contribution in [-0.2, 0) is 6.54 Å². The number of benzene rings is 1. The highest BCUT2D eigenvalue weighted by Gasteiger charge is 2.26. The summed E-state index contributed by atoms with van der Waals surface area (Å²) in [7, 11) is 0. The summed E-state index contributed by atoms with van der Waals surface area (Å²) in [5.74, 6) is 0. The molecule has 2 rings (SSSR count). The lowest BCUT2D eigenvalue weighted by Crippen LogP contribution is -2.26. The van der Waals surface area contributed by atoms with Gasteiger partial charge >= 0.3 is 0 Å². The van der Waals surface area contributed by atoms with E-state index in [1.54, 1.807) is 0 Å². The third kappa shape index (κ3) is 2.82. The molecule has 1 aliphatic rings. The number of hydrogen-bond donors (Lipinski definition) is 0. The second-order valence-electron chi connectivity index (χ2n) is 4.60. The largest absolute Gasteiger partial charge is 0.295 e. The van der Waals surface area contributed by atoms with E-state index in [4.69, 9.17) is 0 Å². The Morgan fingerprint density at radius 2 is 2.27 bits per heavy atom. The number of aryl methyl sites for hydroxylation is 1. The number of alkyl halides is 1. The predicted octanol–water partition coefficient (Wildman–Crippen LogP) is 3.35. The maximum Gasteiger partial charge on any atom is 0.0288 e. The van der Waals surface area contributed by atoms with Crippen LogP contribution in [0.2, 0.25) is 0 Å². The van der Waals surface area contributed by atoms with E-state index in [0.29, 0.717) is 10.9 Å². The van der Waals surface area contributed by atoms with Gasteiger partial charge in [-0.2, -0.15) is 0 Å². The summed E-state index contributed by atoms with van der Waals surface area (Å²) in [6.07, 6.45) is 1.27. The maximum atomic E-state index is 3.71. The average molecular weight is 268 g/mol. The lowest BCUT2D eigenvalue weighted by molar-refractivity contribution is 0.261. The van der Waals surface area contributed by atoms with Crippen LogP contribution >= 0.6 is 15.9 Å². The maximum absolute atomic E-state index is 3.71. The van der Waals surface area contributed by atoms with E-state index < -0.39 is 0 Å². The Morgan fingerprint density at radius 3 is 2.87 bits per heavy atom. The minimum atomic E-state index is 0.678. The van der Waals surface area contributed by atoms with Crippen LogP contribution in [0, 0.1) is 6.92 Å². The molecule has 1 aromatic carbocycles. The minimum absolute atomic E-state index is 0.678. The Kier molecular flexibility index (Phi) is 3.47. The molecule has 1 nitrogen and oxygen atoms in total. The van der Waals surface area contributed by atoms with Gasteiger partial charge < -0.3 is 0 Å². The summed E-state index contributed by atoms with van der Waals surface area (Å²) in [6.45, 7) is 6.74. The molecule has 2 unspecified atom stereocenters. The Labute approximate surface area is 101 Å². The molecule has 0 radical (unpaired) electrons. The van der Waals surface area contributed by atoms with Crippen molar-refractivity contribution in [1.82, 2.24) is 4.90 Å². The van der Waals surface area contributed by atoms with Crippen LogP contribution in [0.4, 0.5) is 0 Å². The zero-order valence-electron chi connectivity index (χ0n) is 9.41. The minimum Gasteiger partial charge on any atom is -0.295 e. The van der Waals surface area contributed by atoms with Gasteiger partial charge in [-0.05, 0) is 25.8 Å². The van der Waals surface area contributed by atoms with Crippen LogP contribution in [0.15, 0.2) is 24.3 Å². The van der Waals surface area contributed by atoms with Crippen molar-refractivity contribution in [2.24, 2.45) is 0 Å². The average Bonchev–Trinajstić information content (AvgIpc) is 2.45. The van der Waals surface area contributed by atoms with Crippen molar-refractivity contribution >= 4 is 15.9 Å². The van der Waals surface area contributed by atoms with E-state index in [2.05, 4.69) is 58.9 Å². The summed E-state index contributed by atoms with van der Waals surface area (Å²) < 4.78 is 0. The standard InChI is InChI=1S/C13H18BrN/c1-10-4-3-5-12(6-10)8-15-9-13(14)7-11(15)2/h3-6,11,13H,7-9H2,1-2H3. The highest BCUT2D eigenvalue weighted by atomic mass is 79.9. The number of halogens is 1. The molecule has 1 saturated heterocycles. The first-order valence-corrected chi connectivity index (χ1v) is 6.50. The van der Waals surface area contributed by atoms with Crippen molar-refractivity contribution in [3.8, 4) is 0 Å². The molecule has 1 aromatic rings. The van der Waals surface area contributed by atoms with Crippen molar-refractivity contribution in [3.05, 3.63) is 35.4 Å². The van der Waals surface area contributed by atoms with Gasteiger partial charge in [-0.1, -0.05) is 45.8 Å². The molecule has 0 aromatic heterocycles. The first kappa shape index (κ1) is 11.2. The fourth-order valence-electron chi connectivity index (χ4n) is 2.29. The summed E-state index contributed by atoms with van der Waals surface area (Å²) in [5, 5.41) is 0. The molecule has 0 bridgehead atoms. The van der Waals surface area contributed by atoms with Gasteiger partial charge in [0.25, 0.3) is 0 Å². The van der Waals surface area contributed by atoms with E-state index in [1.165, 1.54) is 24.1 Å². The van der Waals surface area contributed by atoms with Gasteiger partial charge in [0, 0.05) is 24.0 Å². The van der Waals surface area contributed by atoms with E-state index in [0.717, 1.165) is 6.54 Å². The molecule has 1 aliphatic heterocycles. The first-order chi connectivity index (χ1) is 7.15. The van der Waals surface area contributed by atoms with Crippen LogP contribution in [0.5, 0.6) is 0 Å². The van der Waals surface area contributed by atoms with Crippen LogP contribution in [0.1, 0.15) is 24.5 Å². The number of likely N-dealkylation sites (tertiary alicyclic amines) is 1. The van der Waals surface area contributed by atoms with Gasteiger partial charge in [0.05, 0.1) is 0 Å². The molecular formula is C13H18BrN. The fourth-order valence-corrected chi connectivity index (χ4v) is 3.21. The summed E-state index contributed by atoms with van der Waals surface area (Å²) in [4.78, 5) is 3.23. The van der Waals surface area contributed by atoms with Crippen molar-refractivity contribution in [2.45, 2.75) is 37.7 Å². The van der Waals surface area contributed by atoms with Gasteiger partial charge in [0.1, 0.15) is 0 Å². The molecule has 0 amide bonds. The van der Waals surface area contributed by atoms with Crippen LogP contribution in [0.25, 0.3) is 0 Å². The Hall–Kier alpha value is -0.340. The molecule has 1 fully saturated rings. The van der Waals surface area contributed by atoms with E-state index in [-0.39, 0.29) is 0 Å². The normalized spacial score (nSPS) is 27.1. The molecule has 82 valence electrons. The lowest BCUT2D eigenvalue weighted by atomic mass is 10.1. The Bertz CT molecular complexity index is 337. The van der Waals surface area contributed by atoms with Gasteiger partial charge in [-0.15, -0.1) is 0 Å². The zero-order valence-corrected chi connectivity index (χ0v) is 11.0. The SMILES string of the molecule is Cc1cccc(CN2CC(Br)CC2C)c1. The summed E-state index contributed by atoms with van der Waals surface area (Å²) in [5.41, 5.74) is 2.79. The first-order valence-electron chi connectivity index (χ1n) is 5.59. The van der Waals surface area contributed by atoms with Crippen LogP contribution in [-0.4, -0.2) is 22.3 Å². The lowest BCUT2D eigenvalue weighted by Gasteiger charge is -2.20. The highest BCUT2D eigenvalue weighted by Crippen LogP contribution is 2.24. The number of rotatable bonds is 2. The highest BCUT2D eigenvalue weighted by molar-refractivity contribution is 9.09. The predicted molar refractivity (Wildman–Crippen MR) is 68.4 cm³/mol. The van der Waals surface area contributed by atoms with Gasteiger partial charge in [0.15, 0.2) is 0 Å². The van der Waals surface area contributed by atoms with Crippen molar-refractivity contribution in [2.75, 3.05) is 6.54 Å². The molecule has 2 atom stereocenters. The van der Waals surface area contributed by atoms with Crippen LogP contribution < -0.4 is 0 Å². The molecule has 2 heteroatoms. The molecule has 15 heavy (non-hydrogen) atoms. The second-order valence-corrected chi connectivity index (χ2v) is 5.90. The zero-order chi connectivity index (χ0) is 10.8. The molecule has 0 aliphatic carbocycles. The topological polar surface area (TPSA) is 3.24 Å². The van der Waals surface area contributed by atoms with Gasteiger partial charge in [-0.3, -0.25) is 4.90 Å². The van der Waals surface area contributed by atoms with E-state index >= 15 is 0 Å². The quantitative estimate of drug-likeness (QED) is 0.743. The number of hydrogen-bond acceptors (Lipinski definition) is 1. The van der Waals surface area contributed by atoms with Gasteiger partial charge in [-0.25, -0.2) is 0 Å². The molecule has 0 saturated carbocycles. The monoisotopic (exact) mass is 267 g/mol. The molecule has 0 N–H and O–H groups in total. The van der Waals surface area contributed by atoms with Crippen LogP contribution in [0.3, 0.4) is 0 Å².